The highest BCUT2D eigenvalue weighted by atomic mass is 16.3. The largest absolute Gasteiger partial charge is 0.443 e. The number of aromatic nitrogens is 1. The van der Waals surface area contributed by atoms with Crippen LogP contribution in [0.1, 0.15) is 18.4 Å². The molecule has 1 aromatic heterocycles. The maximum atomic E-state index is 12.2. The van der Waals surface area contributed by atoms with Gasteiger partial charge in [-0.25, -0.2) is 4.98 Å². The molecule has 1 saturated heterocycles. The highest BCUT2D eigenvalue weighted by Gasteiger charge is 2.22. The minimum absolute atomic E-state index is 0.0533. The lowest BCUT2D eigenvalue weighted by Crippen LogP contribution is -2.42. The van der Waals surface area contributed by atoms with Gasteiger partial charge < -0.3 is 14.4 Å². The van der Waals surface area contributed by atoms with E-state index in [0.717, 1.165) is 30.5 Å². The van der Waals surface area contributed by atoms with Crippen LogP contribution in [-0.2, 0) is 11.2 Å². The van der Waals surface area contributed by atoms with Gasteiger partial charge in [-0.1, -0.05) is 6.07 Å². The van der Waals surface area contributed by atoms with Crippen molar-refractivity contribution >= 4 is 17.0 Å². The average molecular weight is 260 g/mol. The van der Waals surface area contributed by atoms with Crippen LogP contribution >= 0.6 is 0 Å². The number of β-amino-alcohol motifs (C(OH)–C–C–N with tert-alkyl or cyclic N) is 1. The molecule has 0 radical (unpaired) electrons. The van der Waals surface area contributed by atoms with E-state index < -0.39 is 0 Å². The lowest BCUT2D eigenvalue weighted by Gasteiger charge is -2.30. The van der Waals surface area contributed by atoms with Gasteiger partial charge in [0, 0.05) is 13.1 Å². The number of benzene rings is 1. The molecule has 5 heteroatoms. The number of fused-ring (bicyclic) bond motifs is 1. The predicted octanol–water partition coefficient (Wildman–Crippen LogP) is 1.35. The van der Waals surface area contributed by atoms with Crippen LogP contribution in [0, 0.1) is 0 Å². The fourth-order valence-electron chi connectivity index (χ4n) is 2.48. The Bertz CT molecular complexity index is 593. The van der Waals surface area contributed by atoms with Crippen LogP contribution in [0.5, 0.6) is 0 Å². The highest BCUT2D eigenvalue weighted by Crippen LogP contribution is 2.16. The molecule has 1 N–H and O–H groups in total. The number of aliphatic hydroxyl groups is 1. The molecule has 100 valence electrons. The molecule has 0 bridgehead atoms. The number of nitrogens with zero attached hydrogens (tertiary/aromatic N) is 2. The molecule has 2 aromatic rings. The van der Waals surface area contributed by atoms with Gasteiger partial charge in [0.25, 0.3) is 0 Å². The zero-order valence-corrected chi connectivity index (χ0v) is 10.6. The molecule has 1 amide bonds. The molecule has 2 heterocycles. The number of piperidine rings is 1. The SMILES string of the molecule is O=C(Cc1ccc2ncoc2c1)N1CCCC(O)C1. The lowest BCUT2D eigenvalue weighted by atomic mass is 10.1. The Hall–Kier alpha value is -1.88. The molecule has 19 heavy (non-hydrogen) atoms. The summed E-state index contributed by atoms with van der Waals surface area (Å²) in [5.41, 5.74) is 2.41. The van der Waals surface area contributed by atoms with E-state index in [-0.39, 0.29) is 12.0 Å². The molecular weight excluding hydrogens is 244 g/mol. The van der Waals surface area contributed by atoms with E-state index in [1.54, 1.807) is 4.90 Å². The quantitative estimate of drug-likeness (QED) is 0.885. The van der Waals surface area contributed by atoms with E-state index >= 15 is 0 Å². The number of hydrogen-bond donors (Lipinski definition) is 1. The minimum Gasteiger partial charge on any atom is -0.443 e. The summed E-state index contributed by atoms with van der Waals surface area (Å²) >= 11 is 0. The molecule has 1 aromatic carbocycles. The number of amides is 1. The number of hydrogen-bond acceptors (Lipinski definition) is 4. The standard InChI is InChI=1S/C14H16N2O3/c17-11-2-1-5-16(8-11)14(18)7-10-3-4-12-13(6-10)19-9-15-12/h3-4,6,9,11,17H,1-2,5,7-8H2. The van der Waals surface area contributed by atoms with Crippen LogP contribution in [0.15, 0.2) is 29.0 Å². The summed E-state index contributed by atoms with van der Waals surface area (Å²) in [7, 11) is 0. The van der Waals surface area contributed by atoms with E-state index in [2.05, 4.69) is 4.98 Å². The second-order valence-corrected chi connectivity index (χ2v) is 4.97. The molecule has 1 aliphatic heterocycles. The third-order valence-electron chi connectivity index (χ3n) is 3.50. The van der Waals surface area contributed by atoms with Crippen molar-refractivity contribution in [3.63, 3.8) is 0 Å². The Kier molecular flexibility index (Phi) is 3.21. The van der Waals surface area contributed by atoms with Crippen LogP contribution in [0.3, 0.4) is 0 Å². The van der Waals surface area contributed by atoms with E-state index in [1.165, 1.54) is 6.39 Å². The monoisotopic (exact) mass is 260 g/mol. The normalized spacial score (nSPS) is 19.8. The van der Waals surface area contributed by atoms with E-state index in [9.17, 15) is 9.90 Å². The topological polar surface area (TPSA) is 66.6 Å². The van der Waals surface area contributed by atoms with Gasteiger partial charge in [0.05, 0.1) is 12.5 Å². The van der Waals surface area contributed by atoms with Gasteiger partial charge >= 0.3 is 0 Å². The van der Waals surface area contributed by atoms with Gasteiger partial charge in [0.15, 0.2) is 12.0 Å². The Labute approximate surface area is 110 Å². The predicted molar refractivity (Wildman–Crippen MR) is 69.5 cm³/mol. The molecule has 3 rings (SSSR count). The van der Waals surface area contributed by atoms with Gasteiger partial charge in [-0.05, 0) is 30.5 Å². The third-order valence-corrected chi connectivity index (χ3v) is 3.50. The molecule has 1 unspecified atom stereocenters. The van der Waals surface area contributed by atoms with E-state index in [4.69, 9.17) is 4.42 Å². The fourth-order valence-corrected chi connectivity index (χ4v) is 2.48. The van der Waals surface area contributed by atoms with Crippen molar-refractivity contribution < 1.29 is 14.3 Å². The molecule has 0 spiro atoms. The fraction of sp³-hybridized carbons (Fsp3) is 0.429. The molecular formula is C14H16N2O3. The van der Waals surface area contributed by atoms with E-state index in [1.807, 2.05) is 18.2 Å². The summed E-state index contributed by atoms with van der Waals surface area (Å²) in [6, 6.07) is 5.59. The maximum Gasteiger partial charge on any atom is 0.227 e. The van der Waals surface area contributed by atoms with Crippen molar-refractivity contribution in [2.45, 2.75) is 25.4 Å². The molecule has 1 aliphatic rings. The lowest BCUT2D eigenvalue weighted by molar-refractivity contribution is -0.133. The number of aliphatic hydroxyl groups excluding tert-OH is 1. The number of rotatable bonds is 2. The van der Waals surface area contributed by atoms with Gasteiger partial charge in [-0.3, -0.25) is 4.79 Å². The van der Waals surface area contributed by atoms with Crippen LogP contribution in [0.25, 0.3) is 11.1 Å². The number of oxazole rings is 1. The number of carbonyl (C=O) groups is 1. The number of likely N-dealkylation sites (tertiary alicyclic amines) is 1. The first kappa shape index (κ1) is 12.2. The zero-order valence-electron chi connectivity index (χ0n) is 10.6. The summed E-state index contributed by atoms with van der Waals surface area (Å²) in [6.07, 6.45) is 3.01. The van der Waals surface area contributed by atoms with Gasteiger partial charge in [-0.2, -0.15) is 0 Å². The van der Waals surface area contributed by atoms with Crippen LogP contribution < -0.4 is 0 Å². The summed E-state index contributed by atoms with van der Waals surface area (Å²) in [4.78, 5) is 17.9. The van der Waals surface area contributed by atoms with Crippen LogP contribution in [-0.4, -0.2) is 40.1 Å². The van der Waals surface area contributed by atoms with E-state index in [0.29, 0.717) is 18.5 Å². The minimum atomic E-state index is -0.380. The van der Waals surface area contributed by atoms with Crippen molar-refractivity contribution in [1.29, 1.82) is 0 Å². The van der Waals surface area contributed by atoms with Crippen LogP contribution in [0.2, 0.25) is 0 Å². The summed E-state index contributed by atoms with van der Waals surface area (Å²) < 4.78 is 5.23. The highest BCUT2D eigenvalue weighted by molar-refractivity contribution is 5.81. The third kappa shape index (κ3) is 2.61. The molecule has 0 saturated carbocycles. The Morgan fingerprint density at radius 2 is 2.42 bits per heavy atom. The van der Waals surface area contributed by atoms with Gasteiger partial charge in [0.1, 0.15) is 5.52 Å². The Morgan fingerprint density at radius 3 is 3.26 bits per heavy atom. The molecule has 5 nitrogen and oxygen atoms in total. The first-order chi connectivity index (χ1) is 9.22. The first-order valence-electron chi connectivity index (χ1n) is 6.50. The Balaban J connectivity index is 1.71. The van der Waals surface area contributed by atoms with Gasteiger partial charge in [0.2, 0.25) is 5.91 Å². The van der Waals surface area contributed by atoms with Crippen molar-refractivity contribution in [3.05, 3.63) is 30.2 Å². The Morgan fingerprint density at radius 1 is 1.53 bits per heavy atom. The maximum absolute atomic E-state index is 12.2. The van der Waals surface area contributed by atoms with Crippen molar-refractivity contribution in [1.82, 2.24) is 9.88 Å². The summed E-state index contributed by atoms with van der Waals surface area (Å²) in [5.74, 6) is 0.0533. The zero-order chi connectivity index (χ0) is 13.2. The molecule has 1 fully saturated rings. The van der Waals surface area contributed by atoms with Crippen molar-refractivity contribution in [2.24, 2.45) is 0 Å². The first-order valence-corrected chi connectivity index (χ1v) is 6.50. The average Bonchev–Trinajstić information content (AvgIpc) is 2.86. The summed E-state index contributed by atoms with van der Waals surface area (Å²) in [6.45, 7) is 1.18. The number of carbonyl (C=O) groups excluding carboxylic acids is 1. The van der Waals surface area contributed by atoms with Crippen molar-refractivity contribution in [2.75, 3.05) is 13.1 Å². The second kappa shape index (κ2) is 5.01. The second-order valence-electron chi connectivity index (χ2n) is 4.97. The summed E-state index contributed by atoms with van der Waals surface area (Å²) in [5, 5.41) is 9.59. The van der Waals surface area contributed by atoms with Crippen molar-refractivity contribution in [3.8, 4) is 0 Å². The van der Waals surface area contributed by atoms with Crippen LogP contribution in [0.4, 0.5) is 0 Å². The molecule has 0 aliphatic carbocycles. The smallest absolute Gasteiger partial charge is 0.227 e. The molecule has 1 atom stereocenters. The van der Waals surface area contributed by atoms with Gasteiger partial charge in [-0.15, -0.1) is 0 Å².